The van der Waals surface area contributed by atoms with E-state index in [0.717, 1.165) is 5.01 Å². The number of amides is 1. The van der Waals surface area contributed by atoms with Crippen LogP contribution in [0, 0.1) is 0 Å². The summed E-state index contributed by atoms with van der Waals surface area (Å²) in [4.78, 5) is 21.7. The van der Waals surface area contributed by atoms with Crippen molar-refractivity contribution in [2.75, 3.05) is 13.7 Å². The Labute approximate surface area is 76.2 Å². The summed E-state index contributed by atoms with van der Waals surface area (Å²) in [6.45, 7) is 1.78. The summed E-state index contributed by atoms with van der Waals surface area (Å²) in [6.07, 6.45) is -1.79. The first-order chi connectivity index (χ1) is 5.99. The Kier molecular flexibility index (Phi) is 5.01. The van der Waals surface area contributed by atoms with Crippen LogP contribution in [0.4, 0.5) is 0 Å². The molecule has 0 aromatic heterocycles. The average molecular weight is 190 g/mol. The van der Waals surface area contributed by atoms with E-state index in [9.17, 15) is 9.59 Å². The van der Waals surface area contributed by atoms with Crippen molar-refractivity contribution < 1.29 is 19.4 Å². The molecule has 3 N–H and O–H groups in total. The summed E-state index contributed by atoms with van der Waals surface area (Å²) in [7, 11) is 1.33. The summed E-state index contributed by atoms with van der Waals surface area (Å²) in [5.74, 6) is 3.74. The molecule has 0 aromatic rings. The predicted octanol–water partition coefficient (Wildman–Crippen LogP) is -1.37. The molecule has 6 heteroatoms. The number of hydrogen-bond acceptors (Lipinski definition) is 5. The molecule has 0 aliphatic rings. The third-order valence-electron chi connectivity index (χ3n) is 1.32. The SMILES string of the molecule is CCOC(=O)C(O)CC(=O)N(C)N. The second kappa shape index (κ2) is 5.50. The van der Waals surface area contributed by atoms with Gasteiger partial charge in [0.25, 0.3) is 0 Å². The van der Waals surface area contributed by atoms with Crippen molar-refractivity contribution in [3.05, 3.63) is 0 Å². The van der Waals surface area contributed by atoms with Crippen molar-refractivity contribution in [2.24, 2.45) is 5.84 Å². The molecular weight excluding hydrogens is 176 g/mol. The van der Waals surface area contributed by atoms with E-state index in [1.54, 1.807) is 6.92 Å². The number of nitrogens with zero attached hydrogens (tertiary/aromatic N) is 1. The Balaban J connectivity index is 3.92. The van der Waals surface area contributed by atoms with Crippen LogP contribution in [0.15, 0.2) is 0 Å². The van der Waals surface area contributed by atoms with Gasteiger partial charge in [-0.15, -0.1) is 0 Å². The fraction of sp³-hybridized carbons (Fsp3) is 0.714. The highest BCUT2D eigenvalue weighted by Gasteiger charge is 2.20. The zero-order valence-electron chi connectivity index (χ0n) is 7.69. The van der Waals surface area contributed by atoms with Crippen LogP contribution >= 0.6 is 0 Å². The van der Waals surface area contributed by atoms with E-state index in [-0.39, 0.29) is 13.0 Å². The van der Waals surface area contributed by atoms with Gasteiger partial charge in [0.2, 0.25) is 5.91 Å². The van der Waals surface area contributed by atoms with Crippen LogP contribution < -0.4 is 5.84 Å². The molecular formula is C7H14N2O4. The highest BCUT2D eigenvalue weighted by Crippen LogP contribution is 1.97. The third kappa shape index (κ3) is 4.44. The van der Waals surface area contributed by atoms with Crippen LogP contribution in [0.2, 0.25) is 0 Å². The van der Waals surface area contributed by atoms with Gasteiger partial charge in [-0.25, -0.2) is 10.6 Å². The number of hydrogen-bond donors (Lipinski definition) is 2. The maximum Gasteiger partial charge on any atom is 0.335 e. The monoisotopic (exact) mass is 190 g/mol. The van der Waals surface area contributed by atoms with Crippen molar-refractivity contribution in [2.45, 2.75) is 19.4 Å². The van der Waals surface area contributed by atoms with Gasteiger partial charge in [0.05, 0.1) is 13.0 Å². The van der Waals surface area contributed by atoms with Crippen LogP contribution in [-0.4, -0.2) is 41.8 Å². The predicted molar refractivity (Wildman–Crippen MR) is 44.2 cm³/mol. The number of rotatable bonds is 4. The smallest absolute Gasteiger partial charge is 0.335 e. The molecule has 1 amide bonds. The summed E-state index contributed by atoms with van der Waals surface area (Å²) in [5, 5.41) is 9.90. The molecule has 0 bridgehead atoms. The van der Waals surface area contributed by atoms with E-state index >= 15 is 0 Å². The molecule has 6 nitrogen and oxygen atoms in total. The molecule has 0 spiro atoms. The van der Waals surface area contributed by atoms with Gasteiger partial charge in [-0.2, -0.15) is 0 Å². The lowest BCUT2D eigenvalue weighted by atomic mass is 10.2. The summed E-state index contributed by atoms with van der Waals surface area (Å²) >= 11 is 0. The Hall–Kier alpha value is -1.14. The number of esters is 1. The van der Waals surface area contributed by atoms with Gasteiger partial charge in [-0.1, -0.05) is 0 Å². The lowest BCUT2D eigenvalue weighted by Crippen LogP contribution is -2.37. The van der Waals surface area contributed by atoms with Crippen molar-refractivity contribution in [1.29, 1.82) is 0 Å². The lowest BCUT2D eigenvalue weighted by molar-refractivity contribution is -0.156. The van der Waals surface area contributed by atoms with Crippen molar-refractivity contribution in [1.82, 2.24) is 5.01 Å². The molecule has 0 rings (SSSR count). The van der Waals surface area contributed by atoms with E-state index < -0.39 is 18.0 Å². The maximum absolute atomic E-state index is 10.9. The van der Waals surface area contributed by atoms with Gasteiger partial charge in [-0.3, -0.25) is 9.80 Å². The zero-order chi connectivity index (χ0) is 10.4. The minimum atomic E-state index is -1.43. The topological polar surface area (TPSA) is 92.9 Å². The van der Waals surface area contributed by atoms with E-state index in [2.05, 4.69) is 4.74 Å². The van der Waals surface area contributed by atoms with Crippen molar-refractivity contribution in [3.8, 4) is 0 Å². The fourth-order valence-corrected chi connectivity index (χ4v) is 0.631. The summed E-state index contributed by atoms with van der Waals surface area (Å²) in [6, 6.07) is 0. The quantitative estimate of drug-likeness (QED) is 0.247. The molecule has 1 atom stereocenters. The Bertz CT molecular complexity index is 193. The average Bonchev–Trinajstić information content (AvgIpc) is 2.04. The fourth-order valence-electron chi connectivity index (χ4n) is 0.631. The normalized spacial score (nSPS) is 12.0. The van der Waals surface area contributed by atoms with Crippen LogP contribution in [0.1, 0.15) is 13.3 Å². The summed E-state index contributed by atoms with van der Waals surface area (Å²) < 4.78 is 4.48. The Morgan fingerprint density at radius 2 is 2.15 bits per heavy atom. The van der Waals surface area contributed by atoms with E-state index in [4.69, 9.17) is 10.9 Å². The Morgan fingerprint density at radius 3 is 2.54 bits per heavy atom. The van der Waals surface area contributed by atoms with Crippen LogP contribution in [0.5, 0.6) is 0 Å². The van der Waals surface area contributed by atoms with Crippen LogP contribution in [0.25, 0.3) is 0 Å². The van der Waals surface area contributed by atoms with Gasteiger partial charge in [-0.05, 0) is 6.92 Å². The third-order valence-corrected chi connectivity index (χ3v) is 1.32. The van der Waals surface area contributed by atoms with Crippen LogP contribution in [-0.2, 0) is 14.3 Å². The van der Waals surface area contributed by atoms with E-state index in [1.165, 1.54) is 7.05 Å². The lowest BCUT2D eigenvalue weighted by Gasteiger charge is -2.12. The van der Waals surface area contributed by atoms with Crippen molar-refractivity contribution in [3.63, 3.8) is 0 Å². The molecule has 0 aromatic carbocycles. The van der Waals surface area contributed by atoms with Crippen LogP contribution in [0.3, 0.4) is 0 Å². The summed E-state index contributed by atoms with van der Waals surface area (Å²) in [5.41, 5.74) is 0. The number of carbonyl (C=O) groups excluding carboxylic acids is 2. The standard InChI is InChI=1S/C7H14N2O4/c1-3-13-7(12)5(10)4-6(11)9(2)8/h5,10H,3-4,8H2,1-2H3. The number of nitrogens with two attached hydrogens (primary N) is 1. The Morgan fingerprint density at radius 1 is 1.62 bits per heavy atom. The largest absolute Gasteiger partial charge is 0.464 e. The van der Waals surface area contributed by atoms with Gasteiger partial charge in [0.15, 0.2) is 6.10 Å². The van der Waals surface area contributed by atoms with Gasteiger partial charge >= 0.3 is 5.97 Å². The number of ether oxygens (including phenoxy) is 1. The molecule has 0 heterocycles. The highest BCUT2D eigenvalue weighted by atomic mass is 16.5. The molecule has 76 valence electrons. The first-order valence-electron chi connectivity index (χ1n) is 3.85. The molecule has 1 unspecified atom stereocenters. The molecule has 0 aliphatic carbocycles. The van der Waals surface area contributed by atoms with Gasteiger partial charge in [0, 0.05) is 7.05 Å². The second-order valence-electron chi connectivity index (χ2n) is 2.48. The van der Waals surface area contributed by atoms with E-state index in [0.29, 0.717) is 0 Å². The van der Waals surface area contributed by atoms with Gasteiger partial charge in [0.1, 0.15) is 0 Å². The number of aliphatic hydroxyl groups excluding tert-OH is 1. The molecule has 0 radical (unpaired) electrons. The minimum absolute atomic E-state index is 0.169. The molecule has 13 heavy (non-hydrogen) atoms. The maximum atomic E-state index is 10.9. The molecule has 0 aliphatic heterocycles. The molecule has 0 saturated heterocycles. The number of aliphatic hydroxyl groups is 1. The molecule has 0 saturated carbocycles. The first kappa shape index (κ1) is 11.9. The van der Waals surface area contributed by atoms with Crippen molar-refractivity contribution >= 4 is 11.9 Å². The van der Waals surface area contributed by atoms with E-state index in [1.807, 2.05) is 0 Å². The minimum Gasteiger partial charge on any atom is -0.464 e. The molecule has 0 fully saturated rings. The number of hydrazine groups is 1. The highest BCUT2D eigenvalue weighted by molar-refractivity contribution is 5.83. The number of carbonyl (C=O) groups is 2. The first-order valence-corrected chi connectivity index (χ1v) is 3.85. The zero-order valence-corrected chi connectivity index (χ0v) is 7.69. The van der Waals surface area contributed by atoms with Gasteiger partial charge < -0.3 is 9.84 Å². The second-order valence-corrected chi connectivity index (χ2v) is 2.48.